The predicted molar refractivity (Wildman–Crippen MR) is 104 cm³/mol. The highest BCUT2D eigenvalue weighted by Gasteiger charge is 2.57. The molecule has 3 fully saturated rings. The van der Waals surface area contributed by atoms with Gasteiger partial charge in [-0.2, -0.15) is 4.31 Å². The van der Waals surface area contributed by atoms with E-state index in [0.717, 1.165) is 45.2 Å². The molecule has 2 saturated heterocycles. The Morgan fingerprint density at radius 3 is 2.48 bits per heavy atom. The number of piperidine rings is 2. The molecule has 1 amide bonds. The van der Waals surface area contributed by atoms with Crippen LogP contribution >= 0.6 is 0 Å². The summed E-state index contributed by atoms with van der Waals surface area (Å²) in [6.07, 6.45) is 4.86. The fourth-order valence-corrected chi connectivity index (χ4v) is 6.15. The quantitative estimate of drug-likeness (QED) is 0.799. The zero-order valence-electron chi connectivity index (χ0n) is 15.7. The Hall–Kier alpha value is -1.44. The standard InChI is InChI=1S/C20H29N3O3S/c24-19(18-14-20(18)8-10-21-11-9-20)22-15-16-6-12-23(13-7-16)27(25,26)17-4-2-1-3-5-17/h1-5,16,18,21H,6-15H2,(H,22,24). The zero-order valence-corrected chi connectivity index (χ0v) is 16.5. The number of benzene rings is 1. The van der Waals surface area contributed by atoms with E-state index in [9.17, 15) is 13.2 Å². The molecule has 2 aliphatic heterocycles. The van der Waals surface area contributed by atoms with Crippen LogP contribution in [-0.4, -0.2) is 51.4 Å². The fourth-order valence-electron chi connectivity index (χ4n) is 4.66. The third kappa shape index (κ3) is 3.91. The Balaban J connectivity index is 1.24. The van der Waals surface area contributed by atoms with Crippen LogP contribution in [0.3, 0.4) is 0 Å². The van der Waals surface area contributed by atoms with Crippen molar-refractivity contribution in [2.45, 2.75) is 37.0 Å². The number of hydrogen-bond donors (Lipinski definition) is 2. The number of carbonyl (C=O) groups is 1. The minimum atomic E-state index is -3.40. The van der Waals surface area contributed by atoms with E-state index in [1.165, 1.54) is 0 Å². The SMILES string of the molecule is O=C(NCC1CCN(S(=O)(=O)c2ccccc2)CC1)C1CC12CCNCC2. The van der Waals surface area contributed by atoms with Gasteiger partial charge in [0.15, 0.2) is 0 Å². The van der Waals surface area contributed by atoms with Crippen LogP contribution in [0.5, 0.6) is 0 Å². The molecule has 6 nitrogen and oxygen atoms in total. The van der Waals surface area contributed by atoms with Crippen LogP contribution in [0.25, 0.3) is 0 Å². The van der Waals surface area contributed by atoms with E-state index < -0.39 is 10.0 Å². The van der Waals surface area contributed by atoms with E-state index in [2.05, 4.69) is 10.6 Å². The van der Waals surface area contributed by atoms with Crippen LogP contribution in [0.1, 0.15) is 32.1 Å². The number of rotatable bonds is 5. The molecule has 27 heavy (non-hydrogen) atoms. The molecule has 2 heterocycles. The monoisotopic (exact) mass is 391 g/mol. The van der Waals surface area contributed by atoms with Crippen LogP contribution in [0.15, 0.2) is 35.2 Å². The lowest BCUT2D eigenvalue weighted by Gasteiger charge is -2.31. The molecule has 1 unspecified atom stereocenters. The van der Waals surface area contributed by atoms with Crippen LogP contribution in [0.2, 0.25) is 0 Å². The van der Waals surface area contributed by atoms with Crippen molar-refractivity contribution in [1.29, 1.82) is 0 Å². The molecule has 148 valence electrons. The maximum Gasteiger partial charge on any atom is 0.243 e. The van der Waals surface area contributed by atoms with Gasteiger partial charge >= 0.3 is 0 Å². The lowest BCUT2D eigenvalue weighted by atomic mass is 9.91. The Bertz CT molecular complexity index is 767. The van der Waals surface area contributed by atoms with Gasteiger partial charge in [-0.3, -0.25) is 4.79 Å². The van der Waals surface area contributed by atoms with Gasteiger partial charge in [-0.25, -0.2) is 8.42 Å². The summed E-state index contributed by atoms with van der Waals surface area (Å²) in [5, 5.41) is 6.51. The molecule has 0 aromatic heterocycles. The molecule has 1 spiro atoms. The van der Waals surface area contributed by atoms with Crippen molar-refractivity contribution in [3.8, 4) is 0 Å². The Kier molecular flexibility index (Phi) is 5.27. The van der Waals surface area contributed by atoms with Gasteiger partial charge in [0.1, 0.15) is 0 Å². The molecule has 0 bridgehead atoms. The number of nitrogens with one attached hydrogen (secondary N) is 2. The van der Waals surface area contributed by atoms with Gasteiger partial charge in [-0.15, -0.1) is 0 Å². The number of amides is 1. The van der Waals surface area contributed by atoms with E-state index in [1.807, 2.05) is 6.07 Å². The van der Waals surface area contributed by atoms with E-state index in [1.54, 1.807) is 28.6 Å². The summed E-state index contributed by atoms with van der Waals surface area (Å²) in [5.74, 6) is 0.758. The molecule has 1 saturated carbocycles. The summed E-state index contributed by atoms with van der Waals surface area (Å²) in [6, 6.07) is 8.62. The highest BCUT2D eigenvalue weighted by molar-refractivity contribution is 7.89. The second-order valence-electron chi connectivity index (χ2n) is 8.27. The lowest BCUT2D eigenvalue weighted by Crippen LogP contribution is -2.42. The normalized spacial score (nSPS) is 26.0. The number of sulfonamides is 1. The molecule has 3 aliphatic rings. The lowest BCUT2D eigenvalue weighted by molar-refractivity contribution is -0.123. The molecule has 1 atom stereocenters. The summed E-state index contributed by atoms with van der Waals surface area (Å²) in [6.45, 7) is 3.77. The van der Waals surface area contributed by atoms with Gasteiger partial charge in [0.25, 0.3) is 0 Å². The first-order valence-corrected chi connectivity index (χ1v) is 11.5. The van der Waals surface area contributed by atoms with Crippen molar-refractivity contribution in [2.75, 3.05) is 32.7 Å². The molecule has 1 aromatic carbocycles. The average Bonchev–Trinajstić information content (AvgIpc) is 3.40. The predicted octanol–water partition coefficient (Wildman–Crippen LogP) is 1.59. The Morgan fingerprint density at radius 2 is 1.81 bits per heavy atom. The van der Waals surface area contributed by atoms with Crippen LogP contribution in [0.4, 0.5) is 0 Å². The Labute approximate surface area is 161 Å². The Morgan fingerprint density at radius 1 is 1.15 bits per heavy atom. The molecule has 2 N–H and O–H groups in total. The smallest absolute Gasteiger partial charge is 0.243 e. The molecular weight excluding hydrogens is 362 g/mol. The van der Waals surface area contributed by atoms with E-state index in [-0.39, 0.29) is 17.2 Å². The minimum Gasteiger partial charge on any atom is -0.356 e. The fraction of sp³-hybridized carbons (Fsp3) is 0.650. The maximum atomic E-state index is 12.7. The topological polar surface area (TPSA) is 78.5 Å². The van der Waals surface area contributed by atoms with Crippen molar-refractivity contribution in [3.63, 3.8) is 0 Å². The average molecular weight is 392 g/mol. The van der Waals surface area contributed by atoms with Gasteiger partial charge < -0.3 is 10.6 Å². The van der Waals surface area contributed by atoms with Crippen molar-refractivity contribution < 1.29 is 13.2 Å². The highest BCUT2D eigenvalue weighted by atomic mass is 32.2. The van der Waals surface area contributed by atoms with Gasteiger partial charge in [0.2, 0.25) is 15.9 Å². The third-order valence-corrected chi connectivity index (χ3v) is 8.54. The van der Waals surface area contributed by atoms with E-state index in [0.29, 0.717) is 30.4 Å². The first-order valence-electron chi connectivity index (χ1n) is 10.0. The van der Waals surface area contributed by atoms with Crippen molar-refractivity contribution in [1.82, 2.24) is 14.9 Å². The number of hydrogen-bond acceptors (Lipinski definition) is 4. The van der Waals surface area contributed by atoms with Crippen LogP contribution in [-0.2, 0) is 14.8 Å². The van der Waals surface area contributed by atoms with Crippen LogP contribution in [0, 0.1) is 17.3 Å². The molecule has 1 aliphatic carbocycles. The number of nitrogens with zero attached hydrogens (tertiary/aromatic N) is 1. The van der Waals surface area contributed by atoms with Crippen LogP contribution < -0.4 is 10.6 Å². The first kappa shape index (κ1) is 18.9. The second-order valence-corrected chi connectivity index (χ2v) is 10.2. The van der Waals surface area contributed by atoms with Gasteiger partial charge in [0.05, 0.1) is 4.90 Å². The highest BCUT2D eigenvalue weighted by Crippen LogP contribution is 2.58. The molecule has 1 aromatic rings. The molecule has 4 rings (SSSR count). The summed E-state index contributed by atoms with van der Waals surface area (Å²) >= 11 is 0. The van der Waals surface area contributed by atoms with Gasteiger partial charge in [-0.05, 0) is 68.7 Å². The third-order valence-electron chi connectivity index (χ3n) is 6.62. The van der Waals surface area contributed by atoms with E-state index in [4.69, 9.17) is 0 Å². The molecular formula is C20H29N3O3S. The first-order chi connectivity index (χ1) is 13.0. The summed E-state index contributed by atoms with van der Waals surface area (Å²) in [4.78, 5) is 12.9. The zero-order chi connectivity index (χ0) is 18.9. The summed E-state index contributed by atoms with van der Waals surface area (Å²) < 4.78 is 26.9. The second kappa shape index (κ2) is 7.53. The molecule has 7 heteroatoms. The van der Waals surface area contributed by atoms with Gasteiger partial charge in [0, 0.05) is 25.6 Å². The van der Waals surface area contributed by atoms with Crippen molar-refractivity contribution >= 4 is 15.9 Å². The van der Waals surface area contributed by atoms with Crippen molar-refractivity contribution in [3.05, 3.63) is 30.3 Å². The number of carbonyl (C=O) groups excluding carboxylic acids is 1. The van der Waals surface area contributed by atoms with Crippen molar-refractivity contribution in [2.24, 2.45) is 17.3 Å². The van der Waals surface area contributed by atoms with Gasteiger partial charge in [-0.1, -0.05) is 18.2 Å². The maximum absolute atomic E-state index is 12.7. The summed E-state index contributed by atoms with van der Waals surface area (Å²) in [5.41, 5.74) is 0.266. The molecule has 0 radical (unpaired) electrons. The minimum absolute atomic E-state index is 0.193. The van der Waals surface area contributed by atoms with E-state index >= 15 is 0 Å². The summed E-state index contributed by atoms with van der Waals surface area (Å²) in [7, 11) is -3.40. The largest absolute Gasteiger partial charge is 0.356 e.